The van der Waals surface area contributed by atoms with Crippen LogP contribution < -0.4 is 5.32 Å². The van der Waals surface area contributed by atoms with Gasteiger partial charge in [-0.15, -0.1) is 0 Å². The van der Waals surface area contributed by atoms with Gasteiger partial charge in [0.05, 0.1) is 6.04 Å². The van der Waals surface area contributed by atoms with E-state index >= 15 is 0 Å². The highest BCUT2D eigenvalue weighted by atomic mass is 16.2. The van der Waals surface area contributed by atoms with E-state index in [0.29, 0.717) is 0 Å². The summed E-state index contributed by atoms with van der Waals surface area (Å²) in [5.74, 6) is 0.265. The molecule has 1 amide bonds. The minimum Gasteiger partial charge on any atom is -0.340 e. The number of likely N-dealkylation sites (N-methyl/N-ethyl adjacent to an activating group) is 1. The number of amides is 1. The van der Waals surface area contributed by atoms with E-state index in [9.17, 15) is 4.79 Å². The molecule has 0 unspecified atom stereocenters. The second kappa shape index (κ2) is 3.72. The number of nitrogens with zero attached hydrogens (tertiary/aromatic N) is 1. The molecule has 1 aliphatic rings. The van der Waals surface area contributed by atoms with Crippen molar-refractivity contribution in [2.45, 2.75) is 26.3 Å². The molecule has 1 rings (SSSR count). The van der Waals surface area contributed by atoms with Gasteiger partial charge in [-0.1, -0.05) is 6.92 Å². The molecule has 0 aromatic rings. The van der Waals surface area contributed by atoms with Crippen LogP contribution in [0.15, 0.2) is 0 Å². The molecule has 64 valence electrons. The predicted octanol–water partition coefficient (Wildman–Crippen LogP) is 0.217. The lowest BCUT2D eigenvalue weighted by Gasteiger charge is -2.31. The Morgan fingerprint density at radius 1 is 1.64 bits per heavy atom. The second-order valence-electron chi connectivity index (χ2n) is 2.83. The summed E-state index contributed by atoms with van der Waals surface area (Å²) >= 11 is 0. The summed E-state index contributed by atoms with van der Waals surface area (Å²) in [6, 6.07) is 0.0729. The summed E-state index contributed by atoms with van der Waals surface area (Å²) < 4.78 is 0. The molecule has 11 heavy (non-hydrogen) atoms. The highest BCUT2D eigenvalue weighted by molar-refractivity contribution is 5.82. The fourth-order valence-electron chi connectivity index (χ4n) is 1.42. The van der Waals surface area contributed by atoms with Crippen LogP contribution in [-0.4, -0.2) is 36.5 Å². The van der Waals surface area contributed by atoms with E-state index in [1.165, 1.54) is 0 Å². The Morgan fingerprint density at radius 2 is 2.36 bits per heavy atom. The highest BCUT2D eigenvalue weighted by Gasteiger charge is 2.24. The molecule has 3 nitrogen and oxygen atoms in total. The van der Waals surface area contributed by atoms with Crippen molar-refractivity contribution < 1.29 is 4.79 Å². The SMILES string of the molecule is CC[C@H]1NCCN(CC)C1=O. The third kappa shape index (κ3) is 1.71. The number of rotatable bonds is 2. The van der Waals surface area contributed by atoms with E-state index in [1.807, 2.05) is 18.7 Å². The zero-order valence-corrected chi connectivity index (χ0v) is 7.26. The molecule has 1 aliphatic heterocycles. The lowest BCUT2D eigenvalue weighted by Crippen LogP contribution is -2.54. The minimum absolute atomic E-state index is 0.0729. The first-order valence-electron chi connectivity index (χ1n) is 4.31. The van der Waals surface area contributed by atoms with Crippen molar-refractivity contribution in [3.63, 3.8) is 0 Å². The Labute approximate surface area is 67.8 Å². The summed E-state index contributed by atoms with van der Waals surface area (Å²) in [6.07, 6.45) is 0.898. The monoisotopic (exact) mass is 156 g/mol. The molecular formula is C8H16N2O. The number of nitrogens with one attached hydrogen (secondary N) is 1. The normalized spacial score (nSPS) is 25.8. The summed E-state index contributed by atoms with van der Waals surface area (Å²) in [7, 11) is 0. The number of hydrogen-bond donors (Lipinski definition) is 1. The first kappa shape index (κ1) is 8.53. The average molecular weight is 156 g/mol. The maximum Gasteiger partial charge on any atom is 0.239 e. The number of carbonyl (C=O) groups is 1. The van der Waals surface area contributed by atoms with Gasteiger partial charge in [0.1, 0.15) is 0 Å². The van der Waals surface area contributed by atoms with E-state index in [0.717, 1.165) is 26.1 Å². The van der Waals surface area contributed by atoms with Gasteiger partial charge in [0.2, 0.25) is 5.91 Å². The molecule has 0 saturated carbocycles. The summed E-state index contributed by atoms with van der Waals surface area (Å²) in [5.41, 5.74) is 0. The van der Waals surface area contributed by atoms with E-state index in [4.69, 9.17) is 0 Å². The lowest BCUT2D eigenvalue weighted by atomic mass is 10.1. The molecule has 1 N–H and O–H groups in total. The van der Waals surface area contributed by atoms with Gasteiger partial charge in [-0.25, -0.2) is 0 Å². The zero-order valence-electron chi connectivity index (χ0n) is 7.26. The molecule has 1 saturated heterocycles. The van der Waals surface area contributed by atoms with Crippen molar-refractivity contribution in [3.8, 4) is 0 Å². The van der Waals surface area contributed by atoms with Crippen LogP contribution in [0.3, 0.4) is 0 Å². The van der Waals surface area contributed by atoms with Gasteiger partial charge in [-0.05, 0) is 13.3 Å². The Kier molecular flexibility index (Phi) is 2.88. The molecule has 1 atom stereocenters. The number of carbonyl (C=O) groups excluding carboxylic acids is 1. The standard InChI is InChI=1S/C8H16N2O/c1-3-7-8(11)10(4-2)6-5-9-7/h7,9H,3-6H2,1-2H3/t7-/m1/s1. The first-order valence-corrected chi connectivity index (χ1v) is 4.31. The van der Waals surface area contributed by atoms with E-state index < -0.39 is 0 Å². The average Bonchev–Trinajstić information content (AvgIpc) is 2.05. The van der Waals surface area contributed by atoms with Crippen LogP contribution in [0.25, 0.3) is 0 Å². The summed E-state index contributed by atoms with van der Waals surface area (Å²) in [4.78, 5) is 13.4. The smallest absolute Gasteiger partial charge is 0.239 e. The topological polar surface area (TPSA) is 32.3 Å². The molecule has 3 heteroatoms. The highest BCUT2D eigenvalue weighted by Crippen LogP contribution is 2.03. The van der Waals surface area contributed by atoms with E-state index in [-0.39, 0.29) is 11.9 Å². The third-order valence-corrected chi connectivity index (χ3v) is 2.17. The Balaban J connectivity index is 2.52. The van der Waals surface area contributed by atoms with Gasteiger partial charge in [-0.3, -0.25) is 4.79 Å². The Hall–Kier alpha value is -0.570. The van der Waals surface area contributed by atoms with Crippen LogP contribution >= 0.6 is 0 Å². The van der Waals surface area contributed by atoms with Gasteiger partial charge in [0.15, 0.2) is 0 Å². The van der Waals surface area contributed by atoms with Crippen molar-refractivity contribution in [2.75, 3.05) is 19.6 Å². The quantitative estimate of drug-likeness (QED) is 0.620. The Morgan fingerprint density at radius 3 is 2.91 bits per heavy atom. The summed E-state index contributed by atoms with van der Waals surface area (Å²) in [5, 5.41) is 3.19. The first-order chi connectivity index (χ1) is 5.29. The second-order valence-corrected chi connectivity index (χ2v) is 2.83. The molecule has 0 aromatic carbocycles. The van der Waals surface area contributed by atoms with Crippen molar-refractivity contribution in [1.29, 1.82) is 0 Å². The van der Waals surface area contributed by atoms with Crippen molar-refractivity contribution in [2.24, 2.45) is 0 Å². The zero-order chi connectivity index (χ0) is 8.27. The van der Waals surface area contributed by atoms with Crippen molar-refractivity contribution >= 4 is 5.91 Å². The molecule has 0 aromatic heterocycles. The molecular weight excluding hydrogens is 140 g/mol. The molecule has 1 fully saturated rings. The molecule has 0 aliphatic carbocycles. The molecule has 0 radical (unpaired) electrons. The van der Waals surface area contributed by atoms with Gasteiger partial charge >= 0.3 is 0 Å². The van der Waals surface area contributed by atoms with Gasteiger partial charge in [-0.2, -0.15) is 0 Å². The van der Waals surface area contributed by atoms with E-state index in [1.54, 1.807) is 0 Å². The number of piperazine rings is 1. The van der Waals surface area contributed by atoms with Crippen LogP contribution in [0.5, 0.6) is 0 Å². The van der Waals surface area contributed by atoms with Crippen LogP contribution in [-0.2, 0) is 4.79 Å². The molecule has 0 spiro atoms. The maximum atomic E-state index is 11.5. The van der Waals surface area contributed by atoms with Crippen LogP contribution in [0.2, 0.25) is 0 Å². The Bertz CT molecular complexity index is 133. The predicted molar refractivity (Wildman–Crippen MR) is 44.3 cm³/mol. The van der Waals surface area contributed by atoms with Crippen LogP contribution in [0.4, 0.5) is 0 Å². The number of hydrogen-bond acceptors (Lipinski definition) is 2. The molecule has 1 heterocycles. The minimum atomic E-state index is 0.0729. The van der Waals surface area contributed by atoms with Crippen molar-refractivity contribution in [1.82, 2.24) is 10.2 Å². The fraction of sp³-hybridized carbons (Fsp3) is 0.875. The molecule has 0 bridgehead atoms. The van der Waals surface area contributed by atoms with Crippen LogP contribution in [0, 0.1) is 0 Å². The van der Waals surface area contributed by atoms with Gasteiger partial charge in [0, 0.05) is 19.6 Å². The largest absolute Gasteiger partial charge is 0.340 e. The van der Waals surface area contributed by atoms with Gasteiger partial charge in [0.25, 0.3) is 0 Å². The van der Waals surface area contributed by atoms with Crippen LogP contribution in [0.1, 0.15) is 20.3 Å². The third-order valence-electron chi connectivity index (χ3n) is 2.17. The van der Waals surface area contributed by atoms with E-state index in [2.05, 4.69) is 5.32 Å². The van der Waals surface area contributed by atoms with Gasteiger partial charge < -0.3 is 10.2 Å². The maximum absolute atomic E-state index is 11.5. The summed E-state index contributed by atoms with van der Waals surface area (Å²) in [6.45, 7) is 6.71. The fourth-order valence-corrected chi connectivity index (χ4v) is 1.42. The lowest BCUT2D eigenvalue weighted by molar-refractivity contribution is -0.135. The van der Waals surface area contributed by atoms with Crippen molar-refractivity contribution in [3.05, 3.63) is 0 Å².